The van der Waals surface area contributed by atoms with E-state index < -0.39 is 11.2 Å². The van der Waals surface area contributed by atoms with E-state index in [-0.39, 0.29) is 12.1 Å². The first kappa shape index (κ1) is 21.5. The zero-order valence-corrected chi connectivity index (χ0v) is 18.6. The molecule has 1 saturated heterocycles. The van der Waals surface area contributed by atoms with Crippen LogP contribution >= 0.6 is 0 Å². The van der Waals surface area contributed by atoms with Crippen molar-refractivity contribution in [3.8, 4) is 0 Å². The average Bonchev–Trinajstić information content (AvgIpc) is 2.79. The van der Waals surface area contributed by atoms with Gasteiger partial charge in [-0.1, -0.05) is 18.2 Å². The third-order valence-electron chi connectivity index (χ3n) is 5.31. The van der Waals surface area contributed by atoms with Gasteiger partial charge in [0, 0.05) is 48.0 Å². The fraction of sp³-hybridized carbons (Fsp3) is 0.391. The number of carbonyl (C=O) groups excluding carboxylic acids is 1. The van der Waals surface area contributed by atoms with E-state index >= 15 is 0 Å². The third kappa shape index (κ3) is 5.14. The average molecular weight is 439 g/mol. The van der Waals surface area contributed by atoms with Crippen molar-refractivity contribution >= 4 is 33.9 Å². The van der Waals surface area contributed by atoms with Crippen LogP contribution in [0.1, 0.15) is 42.2 Å². The molecule has 1 aliphatic rings. The number of pyridine rings is 1. The molecule has 0 bridgehead atoms. The highest BCUT2D eigenvalue weighted by molar-refractivity contribution is 7.90. The second-order valence-electron chi connectivity index (χ2n) is 7.82. The number of rotatable bonds is 6. The van der Waals surface area contributed by atoms with Gasteiger partial charge in [-0.25, -0.2) is 9.78 Å². The van der Waals surface area contributed by atoms with E-state index in [4.69, 9.17) is 9.72 Å². The minimum absolute atomic E-state index is 0.311. The van der Waals surface area contributed by atoms with E-state index in [1.165, 1.54) is 6.42 Å². The lowest BCUT2D eigenvalue weighted by atomic mass is 10.1. The van der Waals surface area contributed by atoms with Gasteiger partial charge in [0.05, 0.1) is 5.56 Å². The Morgan fingerprint density at radius 2 is 1.94 bits per heavy atom. The van der Waals surface area contributed by atoms with Crippen LogP contribution in [0, 0.1) is 0 Å². The lowest BCUT2D eigenvalue weighted by Gasteiger charge is -2.29. The molecule has 0 N–H and O–H groups in total. The van der Waals surface area contributed by atoms with Crippen molar-refractivity contribution in [3.05, 3.63) is 53.9 Å². The highest BCUT2D eigenvalue weighted by Gasteiger charge is 2.21. The number of hydrogen-bond donors (Lipinski definition) is 0. The normalized spacial score (nSPS) is 16.2. The Morgan fingerprint density at radius 1 is 1.19 bits per heavy atom. The Labute approximate surface area is 185 Å². The number of esters is 1. The number of piperidine rings is 1. The monoisotopic (exact) mass is 438 g/mol. The number of hydrogen-bond acceptors (Lipinski definition) is 7. The predicted octanol–water partition coefficient (Wildman–Crippen LogP) is 3.54. The van der Waals surface area contributed by atoms with Crippen molar-refractivity contribution in [2.24, 2.45) is 0 Å². The molecule has 3 aromatic rings. The smallest absolute Gasteiger partial charge is 0.343 e. The van der Waals surface area contributed by atoms with Crippen LogP contribution in [0.2, 0.25) is 0 Å². The number of carbonyl (C=O) groups is 1. The van der Waals surface area contributed by atoms with Crippen LogP contribution in [0.25, 0.3) is 10.9 Å². The third-order valence-corrected chi connectivity index (χ3v) is 6.02. The maximum atomic E-state index is 12.4. The van der Waals surface area contributed by atoms with Crippen LogP contribution in [0.15, 0.2) is 47.8 Å². The van der Waals surface area contributed by atoms with E-state index in [9.17, 15) is 9.35 Å². The summed E-state index contributed by atoms with van der Waals surface area (Å²) in [6, 6.07) is 10.9. The van der Waals surface area contributed by atoms with Crippen molar-refractivity contribution in [2.75, 3.05) is 24.2 Å². The molecule has 0 amide bonds. The van der Waals surface area contributed by atoms with Crippen molar-refractivity contribution in [1.29, 1.82) is 0 Å². The molecule has 1 fully saturated rings. The van der Waals surface area contributed by atoms with Gasteiger partial charge in [0.2, 0.25) is 0 Å². The number of ether oxygens (including phenoxy) is 1. The second kappa shape index (κ2) is 9.62. The summed E-state index contributed by atoms with van der Waals surface area (Å²) in [4.78, 5) is 28.3. The zero-order chi connectivity index (χ0) is 21.8. The minimum atomic E-state index is -1.26. The number of anilines is 1. The van der Waals surface area contributed by atoms with E-state index in [0.29, 0.717) is 17.1 Å². The Morgan fingerprint density at radius 3 is 2.65 bits per heavy atom. The fourth-order valence-corrected chi connectivity index (χ4v) is 4.21. The number of benzene rings is 1. The standard InChI is InChI=1S/C23H26N4O3S/c1-16(30-22(28)17-9-5-3-6-10-17)13-19-14-18-15-24-23(31(2)29)26-20(18)21(25-19)27-11-7-4-8-12-27/h3,5-6,9-10,14-16H,4,7-8,11-13H2,1-2H3/t16-,31?/m1/s1. The van der Waals surface area contributed by atoms with Gasteiger partial charge in [-0.15, -0.1) is 0 Å². The second-order valence-corrected chi connectivity index (χ2v) is 9.09. The summed E-state index contributed by atoms with van der Waals surface area (Å²) in [5.41, 5.74) is 2.07. The van der Waals surface area contributed by atoms with Crippen molar-refractivity contribution < 1.29 is 14.1 Å². The molecule has 4 rings (SSSR count). The highest BCUT2D eigenvalue weighted by Crippen LogP contribution is 2.28. The van der Waals surface area contributed by atoms with Gasteiger partial charge in [-0.3, -0.25) is 0 Å². The molecule has 1 unspecified atom stereocenters. The molecule has 7 nitrogen and oxygen atoms in total. The Balaban J connectivity index is 1.61. The van der Waals surface area contributed by atoms with Crippen molar-refractivity contribution in [2.45, 2.75) is 43.9 Å². The molecule has 31 heavy (non-hydrogen) atoms. The largest absolute Gasteiger partial charge is 0.609 e. The van der Waals surface area contributed by atoms with E-state index in [2.05, 4.69) is 14.9 Å². The summed E-state index contributed by atoms with van der Waals surface area (Å²) in [5.74, 6) is 0.450. The van der Waals surface area contributed by atoms with Gasteiger partial charge < -0.3 is 14.2 Å². The summed E-state index contributed by atoms with van der Waals surface area (Å²) >= 11 is -1.26. The number of aromatic nitrogens is 3. The molecule has 3 heterocycles. The minimum Gasteiger partial charge on any atom is -0.609 e. The van der Waals surface area contributed by atoms with Gasteiger partial charge in [0.15, 0.2) is 5.82 Å². The van der Waals surface area contributed by atoms with Crippen LogP contribution < -0.4 is 4.90 Å². The zero-order valence-electron chi connectivity index (χ0n) is 17.8. The Kier molecular flexibility index (Phi) is 6.67. The topological polar surface area (TPSA) is 91.3 Å². The molecule has 0 radical (unpaired) electrons. The molecule has 1 aliphatic heterocycles. The first-order chi connectivity index (χ1) is 15.0. The summed E-state index contributed by atoms with van der Waals surface area (Å²) in [7, 11) is 0. The molecule has 1 aromatic carbocycles. The molecular formula is C23H26N4O3S. The first-order valence-corrected chi connectivity index (χ1v) is 12.1. The summed E-state index contributed by atoms with van der Waals surface area (Å²) in [5, 5.41) is 1.16. The maximum absolute atomic E-state index is 12.4. The van der Waals surface area contributed by atoms with Gasteiger partial charge >= 0.3 is 11.1 Å². The van der Waals surface area contributed by atoms with Crippen LogP contribution in [0.3, 0.4) is 0 Å². The lowest BCUT2D eigenvalue weighted by Crippen LogP contribution is -2.31. The van der Waals surface area contributed by atoms with Crippen LogP contribution in [0.4, 0.5) is 5.82 Å². The van der Waals surface area contributed by atoms with E-state index in [1.807, 2.05) is 31.2 Å². The van der Waals surface area contributed by atoms with Gasteiger partial charge in [0.1, 0.15) is 17.9 Å². The molecule has 2 aromatic heterocycles. The molecule has 0 saturated carbocycles. The molecule has 162 valence electrons. The number of nitrogens with zero attached hydrogens (tertiary/aromatic N) is 4. The summed E-state index contributed by atoms with van der Waals surface area (Å²) in [6.45, 7) is 3.70. The van der Waals surface area contributed by atoms with Crippen molar-refractivity contribution in [1.82, 2.24) is 15.0 Å². The van der Waals surface area contributed by atoms with Crippen LogP contribution in [-0.2, 0) is 22.3 Å². The van der Waals surface area contributed by atoms with Gasteiger partial charge in [-0.05, 0) is 44.4 Å². The maximum Gasteiger partial charge on any atom is 0.343 e. The summed E-state index contributed by atoms with van der Waals surface area (Å²) in [6.07, 6.45) is 6.85. The summed E-state index contributed by atoms with van der Waals surface area (Å²) < 4.78 is 17.5. The molecule has 2 atom stereocenters. The van der Waals surface area contributed by atoms with Crippen LogP contribution in [-0.4, -0.2) is 50.9 Å². The van der Waals surface area contributed by atoms with E-state index in [1.54, 1.807) is 24.6 Å². The Bertz CT molecular complexity index is 1060. The molecule has 0 spiro atoms. The first-order valence-electron chi connectivity index (χ1n) is 10.5. The van der Waals surface area contributed by atoms with E-state index in [0.717, 1.165) is 48.3 Å². The fourth-order valence-electron chi connectivity index (χ4n) is 3.79. The molecular weight excluding hydrogens is 412 g/mol. The SMILES string of the molecule is C[C@H](Cc1cc2cnc([S+](C)[O-])nc2c(N2CCCCC2)n1)OC(=O)c1ccccc1. The van der Waals surface area contributed by atoms with Gasteiger partial charge in [0.25, 0.3) is 0 Å². The predicted molar refractivity (Wildman–Crippen MR) is 121 cm³/mol. The quantitative estimate of drug-likeness (QED) is 0.330. The number of fused-ring (bicyclic) bond motifs is 1. The Hall–Kier alpha value is -2.71. The highest BCUT2D eigenvalue weighted by atomic mass is 32.2. The molecule has 0 aliphatic carbocycles. The van der Waals surface area contributed by atoms with Gasteiger partial charge in [-0.2, -0.15) is 9.97 Å². The lowest BCUT2D eigenvalue weighted by molar-refractivity contribution is 0.0341. The van der Waals surface area contributed by atoms with Crippen LogP contribution in [0.5, 0.6) is 0 Å². The van der Waals surface area contributed by atoms with Crippen molar-refractivity contribution in [3.63, 3.8) is 0 Å². The molecule has 8 heteroatoms.